The van der Waals surface area contributed by atoms with Gasteiger partial charge in [0.15, 0.2) is 0 Å². The third-order valence-electron chi connectivity index (χ3n) is 3.51. The monoisotopic (exact) mass is 251 g/mol. The minimum absolute atomic E-state index is 0.259. The maximum Gasteiger partial charge on any atom is 0.114 e. The Morgan fingerprint density at radius 3 is 2.68 bits per heavy atom. The van der Waals surface area contributed by atoms with E-state index in [1.165, 1.54) is 5.56 Å². The van der Waals surface area contributed by atoms with Crippen LogP contribution in [0.4, 0.5) is 0 Å². The van der Waals surface area contributed by atoms with Crippen molar-refractivity contribution in [2.75, 3.05) is 0 Å². The Morgan fingerprint density at radius 2 is 1.95 bits per heavy atom. The van der Waals surface area contributed by atoms with Crippen molar-refractivity contribution >= 4 is 11.0 Å². The van der Waals surface area contributed by atoms with Crippen LogP contribution in [0.3, 0.4) is 0 Å². The van der Waals surface area contributed by atoms with E-state index in [4.69, 9.17) is 5.73 Å². The summed E-state index contributed by atoms with van der Waals surface area (Å²) >= 11 is 0. The second kappa shape index (κ2) is 4.86. The summed E-state index contributed by atoms with van der Waals surface area (Å²) in [5.74, 6) is 1.25. The molecule has 1 aromatic heterocycles. The Hall–Kier alpha value is -2.13. The van der Waals surface area contributed by atoms with Gasteiger partial charge in [0.05, 0.1) is 11.0 Å². The average Bonchev–Trinajstić information content (AvgIpc) is 2.90. The standard InChI is InChI=1S/C16H17N3/c1-11(13-5-3-2-4-6-13)16-18-14-8-7-12(10-17)9-15(14)19-16/h2-9,11H,10,17H2,1H3,(H,18,19). The van der Waals surface area contributed by atoms with E-state index in [-0.39, 0.29) is 5.92 Å². The third-order valence-corrected chi connectivity index (χ3v) is 3.51. The summed E-state index contributed by atoms with van der Waals surface area (Å²) in [5.41, 5.74) is 10.1. The number of nitrogens with two attached hydrogens (primary N) is 1. The number of benzene rings is 2. The van der Waals surface area contributed by atoms with Crippen LogP contribution in [0.2, 0.25) is 0 Å². The second-order valence-electron chi connectivity index (χ2n) is 4.81. The first-order valence-corrected chi connectivity index (χ1v) is 6.51. The first kappa shape index (κ1) is 11.9. The van der Waals surface area contributed by atoms with Crippen LogP contribution in [-0.2, 0) is 6.54 Å². The Labute approximate surface area is 112 Å². The number of imidazole rings is 1. The van der Waals surface area contributed by atoms with Crippen molar-refractivity contribution in [2.45, 2.75) is 19.4 Å². The van der Waals surface area contributed by atoms with Gasteiger partial charge in [0.1, 0.15) is 5.82 Å². The molecular formula is C16H17N3. The average molecular weight is 251 g/mol. The number of hydrogen-bond acceptors (Lipinski definition) is 2. The minimum atomic E-state index is 0.259. The van der Waals surface area contributed by atoms with Crippen LogP contribution in [0.15, 0.2) is 48.5 Å². The third kappa shape index (κ3) is 2.25. The molecule has 0 spiro atoms. The highest BCUT2D eigenvalue weighted by molar-refractivity contribution is 5.76. The van der Waals surface area contributed by atoms with E-state index in [1.807, 2.05) is 18.2 Å². The lowest BCUT2D eigenvalue weighted by Gasteiger charge is -2.07. The van der Waals surface area contributed by atoms with E-state index in [0.29, 0.717) is 6.54 Å². The zero-order valence-corrected chi connectivity index (χ0v) is 10.9. The van der Waals surface area contributed by atoms with Crippen LogP contribution in [0, 0.1) is 0 Å². The Morgan fingerprint density at radius 1 is 1.16 bits per heavy atom. The molecule has 1 atom stereocenters. The van der Waals surface area contributed by atoms with Gasteiger partial charge in [0, 0.05) is 12.5 Å². The molecule has 0 amide bonds. The van der Waals surface area contributed by atoms with E-state index < -0.39 is 0 Å². The quantitative estimate of drug-likeness (QED) is 0.751. The summed E-state index contributed by atoms with van der Waals surface area (Å²) < 4.78 is 0. The summed E-state index contributed by atoms with van der Waals surface area (Å²) in [6.45, 7) is 2.72. The van der Waals surface area contributed by atoms with Crippen LogP contribution in [-0.4, -0.2) is 9.97 Å². The molecule has 19 heavy (non-hydrogen) atoms. The van der Waals surface area contributed by atoms with E-state index >= 15 is 0 Å². The highest BCUT2D eigenvalue weighted by Gasteiger charge is 2.12. The molecule has 0 bridgehead atoms. The van der Waals surface area contributed by atoms with E-state index in [9.17, 15) is 0 Å². The SMILES string of the molecule is CC(c1ccccc1)c1nc2ccc(CN)cc2[nH]1. The summed E-state index contributed by atoms with van der Waals surface area (Å²) in [6.07, 6.45) is 0. The van der Waals surface area contributed by atoms with Crippen molar-refractivity contribution in [3.8, 4) is 0 Å². The first-order chi connectivity index (χ1) is 9.28. The smallest absolute Gasteiger partial charge is 0.114 e. The Balaban J connectivity index is 2.01. The number of aromatic amines is 1. The van der Waals surface area contributed by atoms with Crippen LogP contribution in [0.5, 0.6) is 0 Å². The second-order valence-corrected chi connectivity index (χ2v) is 4.81. The molecule has 0 saturated heterocycles. The predicted octanol–water partition coefficient (Wildman–Crippen LogP) is 3.17. The number of fused-ring (bicyclic) bond motifs is 1. The van der Waals surface area contributed by atoms with Gasteiger partial charge in [-0.25, -0.2) is 4.98 Å². The van der Waals surface area contributed by atoms with E-state index in [1.54, 1.807) is 0 Å². The summed E-state index contributed by atoms with van der Waals surface area (Å²) in [6, 6.07) is 16.5. The molecule has 3 heteroatoms. The van der Waals surface area contributed by atoms with Gasteiger partial charge in [0.25, 0.3) is 0 Å². The zero-order valence-electron chi connectivity index (χ0n) is 10.9. The fraction of sp³-hybridized carbons (Fsp3) is 0.188. The number of rotatable bonds is 3. The van der Waals surface area contributed by atoms with E-state index in [0.717, 1.165) is 22.4 Å². The number of H-pyrrole nitrogens is 1. The van der Waals surface area contributed by atoms with Gasteiger partial charge >= 0.3 is 0 Å². The van der Waals surface area contributed by atoms with Crippen molar-refractivity contribution in [3.63, 3.8) is 0 Å². The lowest BCUT2D eigenvalue weighted by Crippen LogP contribution is -1.97. The highest BCUT2D eigenvalue weighted by atomic mass is 14.9. The zero-order chi connectivity index (χ0) is 13.2. The van der Waals surface area contributed by atoms with Gasteiger partial charge in [-0.15, -0.1) is 0 Å². The van der Waals surface area contributed by atoms with Crippen LogP contribution in [0.1, 0.15) is 29.8 Å². The molecule has 0 fully saturated rings. The topological polar surface area (TPSA) is 54.7 Å². The normalized spacial score (nSPS) is 12.7. The lowest BCUT2D eigenvalue weighted by atomic mass is 10.0. The van der Waals surface area contributed by atoms with Crippen molar-refractivity contribution in [1.29, 1.82) is 0 Å². The number of nitrogens with zero attached hydrogens (tertiary/aromatic N) is 1. The molecule has 3 N–H and O–H groups in total. The van der Waals surface area contributed by atoms with Gasteiger partial charge in [-0.05, 0) is 23.3 Å². The molecular weight excluding hydrogens is 234 g/mol. The number of nitrogens with one attached hydrogen (secondary N) is 1. The predicted molar refractivity (Wildman–Crippen MR) is 77.9 cm³/mol. The van der Waals surface area contributed by atoms with Gasteiger partial charge in [-0.3, -0.25) is 0 Å². The maximum absolute atomic E-state index is 5.66. The maximum atomic E-state index is 5.66. The van der Waals surface area contributed by atoms with Crippen molar-refractivity contribution < 1.29 is 0 Å². The summed E-state index contributed by atoms with van der Waals surface area (Å²) in [7, 11) is 0. The van der Waals surface area contributed by atoms with Gasteiger partial charge in [-0.1, -0.05) is 43.3 Å². The van der Waals surface area contributed by atoms with Crippen molar-refractivity contribution in [2.24, 2.45) is 5.73 Å². The highest BCUT2D eigenvalue weighted by Crippen LogP contribution is 2.24. The van der Waals surface area contributed by atoms with Crippen molar-refractivity contribution in [3.05, 3.63) is 65.5 Å². The summed E-state index contributed by atoms with van der Waals surface area (Å²) in [4.78, 5) is 8.07. The molecule has 3 nitrogen and oxygen atoms in total. The molecule has 2 aromatic carbocycles. The molecule has 0 radical (unpaired) electrons. The molecule has 0 aliphatic carbocycles. The van der Waals surface area contributed by atoms with Gasteiger partial charge < -0.3 is 10.7 Å². The van der Waals surface area contributed by atoms with Crippen LogP contribution in [0.25, 0.3) is 11.0 Å². The molecule has 1 unspecified atom stereocenters. The molecule has 0 saturated carbocycles. The van der Waals surface area contributed by atoms with Crippen LogP contribution >= 0.6 is 0 Å². The molecule has 0 aliphatic heterocycles. The van der Waals surface area contributed by atoms with E-state index in [2.05, 4.69) is 47.2 Å². The number of hydrogen-bond donors (Lipinski definition) is 2. The molecule has 96 valence electrons. The molecule has 1 heterocycles. The first-order valence-electron chi connectivity index (χ1n) is 6.51. The van der Waals surface area contributed by atoms with Gasteiger partial charge in [-0.2, -0.15) is 0 Å². The summed E-state index contributed by atoms with van der Waals surface area (Å²) in [5, 5.41) is 0. The van der Waals surface area contributed by atoms with Crippen molar-refractivity contribution in [1.82, 2.24) is 9.97 Å². The molecule has 3 aromatic rings. The van der Waals surface area contributed by atoms with Gasteiger partial charge in [0.2, 0.25) is 0 Å². The molecule has 0 aliphatic rings. The minimum Gasteiger partial charge on any atom is -0.341 e. The number of aromatic nitrogens is 2. The van der Waals surface area contributed by atoms with Crippen LogP contribution < -0.4 is 5.73 Å². The Kier molecular flexibility index (Phi) is 3.05. The molecule has 3 rings (SSSR count). The fourth-order valence-electron chi connectivity index (χ4n) is 2.31. The fourth-order valence-corrected chi connectivity index (χ4v) is 2.31. The lowest BCUT2D eigenvalue weighted by molar-refractivity contribution is 0.845. The largest absolute Gasteiger partial charge is 0.341 e. The Bertz CT molecular complexity index is 686.